The van der Waals surface area contributed by atoms with Crippen LogP contribution in [0.2, 0.25) is 5.02 Å². The minimum atomic E-state index is -3.42. The van der Waals surface area contributed by atoms with Gasteiger partial charge in [-0.05, 0) is 18.6 Å². The lowest BCUT2D eigenvalue weighted by Gasteiger charge is -2.35. The third kappa shape index (κ3) is 5.24. The molecule has 2 heterocycles. The molecule has 0 radical (unpaired) electrons. The highest BCUT2D eigenvalue weighted by Gasteiger charge is 2.29. The van der Waals surface area contributed by atoms with Crippen LogP contribution in [0.4, 0.5) is 0 Å². The van der Waals surface area contributed by atoms with Crippen molar-refractivity contribution in [2.75, 3.05) is 32.7 Å². The number of hydrogen-bond donors (Lipinski definition) is 1. The number of guanidine groups is 1. The van der Waals surface area contributed by atoms with Gasteiger partial charge in [0.15, 0.2) is 5.96 Å². The third-order valence-corrected chi connectivity index (χ3v) is 6.63. The minimum Gasteiger partial charge on any atom is -0.364 e. The van der Waals surface area contributed by atoms with E-state index in [0.29, 0.717) is 43.4 Å². The molecule has 152 valence electrons. The number of aliphatic imine (C=N–C) groups is 1. The van der Waals surface area contributed by atoms with E-state index in [2.05, 4.69) is 20.4 Å². The smallest absolute Gasteiger partial charge is 0.220 e. The van der Waals surface area contributed by atoms with Crippen LogP contribution in [0, 0.1) is 0 Å². The molecule has 2 aromatic rings. The number of aromatic nitrogens is 1. The second kappa shape index (κ2) is 9.40. The van der Waals surface area contributed by atoms with Gasteiger partial charge < -0.3 is 14.7 Å². The number of nitrogens with one attached hydrogen (secondary N) is 1. The van der Waals surface area contributed by atoms with Crippen molar-refractivity contribution in [3.63, 3.8) is 0 Å². The van der Waals surface area contributed by atoms with E-state index in [-0.39, 0.29) is 5.75 Å². The summed E-state index contributed by atoms with van der Waals surface area (Å²) >= 11 is 6.21. The molecule has 3 rings (SSSR count). The molecule has 0 amide bonds. The lowest BCUT2D eigenvalue weighted by atomic mass is 10.2. The van der Waals surface area contributed by atoms with E-state index in [1.807, 2.05) is 31.2 Å². The first-order valence-electron chi connectivity index (χ1n) is 9.13. The van der Waals surface area contributed by atoms with E-state index in [1.54, 1.807) is 6.07 Å². The van der Waals surface area contributed by atoms with Gasteiger partial charge in [0.1, 0.15) is 12.0 Å². The van der Waals surface area contributed by atoms with Crippen LogP contribution < -0.4 is 5.32 Å². The Morgan fingerprint density at radius 3 is 2.64 bits per heavy atom. The van der Waals surface area contributed by atoms with Crippen molar-refractivity contribution < 1.29 is 12.9 Å². The van der Waals surface area contributed by atoms with Gasteiger partial charge in [-0.25, -0.2) is 13.4 Å². The Bertz CT molecular complexity index is 894. The molecule has 1 aliphatic rings. The van der Waals surface area contributed by atoms with Gasteiger partial charge in [0.25, 0.3) is 0 Å². The Kier molecular flexibility index (Phi) is 6.93. The number of halogens is 1. The molecule has 28 heavy (non-hydrogen) atoms. The third-order valence-electron chi connectivity index (χ3n) is 4.44. The quantitative estimate of drug-likeness (QED) is 0.561. The SMILES string of the molecule is CCNC(=NCc1ccccc1Cl)N1CCN(S(=O)(=O)Cc2ccon2)CC1. The van der Waals surface area contributed by atoms with Crippen molar-refractivity contribution >= 4 is 27.6 Å². The summed E-state index contributed by atoms with van der Waals surface area (Å²) in [7, 11) is -3.42. The number of nitrogens with zero attached hydrogens (tertiary/aromatic N) is 4. The molecule has 0 aliphatic carbocycles. The fourth-order valence-electron chi connectivity index (χ4n) is 2.98. The maximum atomic E-state index is 12.6. The van der Waals surface area contributed by atoms with Crippen LogP contribution >= 0.6 is 11.6 Å². The van der Waals surface area contributed by atoms with E-state index in [1.165, 1.54) is 10.6 Å². The molecular weight excluding hydrogens is 402 g/mol. The van der Waals surface area contributed by atoms with Crippen LogP contribution in [-0.4, -0.2) is 61.5 Å². The maximum absolute atomic E-state index is 12.6. The monoisotopic (exact) mass is 425 g/mol. The van der Waals surface area contributed by atoms with Gasteiger partial charge in [0.2, 0.25) is 10.0 Å². The van der Waals surface area contributed by atoms with E-state index in [9.17, 15) is 8.42 Å². The predicted molar refractivity (Wildman–Crippen MR) is 109 cm³/mol. The highest BCUT2D eigenvalue weighted by Crippen LogP contribution is 2.16. The Morgan fingerprint density at radius 1 is 1.25 bits per heavy atom. The van der Waals surface area contributed by atoms with E-state index >= 15 is 0 Å². The second-order valence-electron chi connectivity index (χ2n) is 6.39. The van der Waals surface area contributed by atoms with Crippen LogP contribution in [-0.2, 0) is 22.3 Å². The highest BCUT2D eigenvalue weighted by molar-refractivity contribution is 7.88. The first-order valence-corrected chi connectivity index (χ1v) is 11.1. The summed E-state index contributed by atoms with van der Waals surface area (Å²) in [5.41, 5.74) is 1.37. The zero-order valence-electron chi connectivity index (χ0n) is 15.7. The Balaban J connectivity index is 1.62. The molecular formula is C18H24ClN5O3S. The molecule has 1 aliphatic heterocycles. The number of rotatable bonds is 6. The van der Waals surface area contributed by atoms with Crippen molar-refractivity contribution in [1.29, 1.82) is 0 Å². The summed E-state index contributed by atoms with van der Waals surface area (Å²) in [6.45, 7) is 5.12. The fraction of sp³-hybridized carbons (Fsp3) is 0.444. The van der Waals surface area contributed by atoms with Gasteiger partial charge in [-0.3, -0.25) is 0 Å². The molecule has 1 N–H and O–H groups in total. The normalized spacial score (nSPS) is 16.4. The van der Waals surface area contributed by atoms with Crippen molar-refractivity contribution in [2.45, 2.75) is 19.2 Å². The van der Waals surface area contributed by atoms with E-state index < -0.39 is 10.0 Å². The number of benzene rings is 1. The van der Waals surface area contributed by atoms with Gasteiger partial charge in [-0.1, -0.05) is 35.0 Å². The standard InChI is InChI=1S/C18H24ClN5O3S/c1-2-20-18(21-13-15-5-3-4-6-17(15)19)23-8-10-24(11-9-23)28(25,26)14-16-7-12-27-22-16/h3-7,12H,2,8-11,13-14H2,1H3,(H,20,21). The van der Waals surface area contributed by atoms with Crippen LogP contribution in [0.1, 0.15) is 18.2 Å². The van der Waals surface area contributed by atoms with Crippen LogP contribution in [0.15, 0.2) is 46.1 Å². The topological polar surface area (TPSA) is 91.0 Å². The Hall–Kier alpha value is -2.10. The maximum Gasteiger partial charge on any atom is 0.220 e. The second-order valence-corrected chi connectivity index (χ2v) is 8.77. The van der Waals surface area contributed by atoms with Gasteiger partial charge >= 0.3 is 0 Å². The van der Waals surface area contributed by atoms with Gasteiger partial charge in [0, 0.05) is 43.8 Å². The molecule has 1 fully saturated rings. The first kappa shape index (κ1) is 20.6. The molecule has 1 saturated heterocycles. The summed E-state index contributed by atoms with van der Waals surface area (Å²) in [4.78, 5) is 6.74. The lowest BCUT2D eigenvalue weighted by molar-refractivity contribution is 0.259. The average Bonchev–Trinajstić information content (AvgIpc) is 3.19. The molecule has 0 atom stereocenters. The van der Waals surface area contributed by atoms with Gasteiger partial charge in [0.05, 0.1) is 12.2 Å². The molecule has 0 unspecified atom stereocenters. The van der Waals surface area contributed by atoms with Crippen LogP contribution in [0.25, 0.3) is 0 Å². The zero-order chi connectivity index (χ0) is 20.0. The number of piperazine rings is 1. The van der Waals surface area contributed by atoms with Crippen molar-refractivity contribution in [3.8, 4) is 0 Å². The number of sulfonamides is 1. The van der Waals surface area contributed by atoms with E-state index in [0.717, 1.165) is 18.1 Å². The molecule has 1 aromatic carbocycles. The van der Waals surface area contributed by atoms with Crippen molar-refractivity contribution in [3.05, 3.63) is 52.9 Å². The summed E-state index contributed by atoms with van der Waals surface area (Å²) < 4.78 is 31.4. The van der Waals surface area contributed by atoms with Crippen molar-refractivity contribution in [1.82, 2.24) is 19.7 Å². The lowest BCUT2D eigenvalue weighted by Crippen LogP contribution is -2.53. The highest BCUT2D eigenvalue weighted by atomic mass is 35.5. The summed E-state index contributed by atoms with van der Waals surface area (Å²) in [5.74, 6) is 0.612. The summed E-state index contributed by atoms with van der Waals surface area (Å²) in [6, 6.07) is 9.18. The van der Waals surface area contributed by atoms with Gasteiger partial charge in [-0.15, -0.1) is 0 Å². The first-order chi connectivity index (χ1) is 13.5. The average molecular weight is 426 g/mol. The van der Waals surface area contributed by atoms with Crippen LogP contribution in [0.5, 0.6) is 0 Å². The van der Waals surface area contributed by atoms with Crippen LogP contribution in [0.3, 0.4) is 0 Å². The molecule has 0 saturated carbocycles. The molecule has 8 nitrogen and oxygen atoms in total. The zero-order valence-corrected chi connectivity index (χ0v) is 17.3. The van der Waals surface area contributed by atoms with Gasteiger partial charge in [-0.2, -0.15) is 4.31 Å². The molecule has 0 spiro atoms. The molecule has 10 heteroatoms. The summed E-state index contributed by atoms with van der Waals surface area (Å²) in [6.07, 6.45) is 1.38. The summed E-state index contributed by atoms with van der Waals surface area (Å²) in [5, 5.41) is 7.65. The van der Waals surface area contributed by atoms with E-state index in [4.69, 9.17) is 16.1 Å². The molecule has 0 bridgehead atoms. The predicted octanol–water partition coefficient (Wildman–Crippen LogP) is 1.94. The molecule has 1 aromatic heterocycles. The Labute approximate surface area is 170 Å². The largest absolute Gasteiger partial charge is 0.364 e. The van der Waals surface area contributed by atoms with Crippen molar-refractivity contribution in [2.24, 2.45) is 4.99 Å². The minimum absolute atomic E-state index is 0.149. The Morgan fingerprint density at radius 2 is 2.00 bits per heavy atom. The number of hydrogen-bond acceptors (Lipinski definition) is 5. The fourth-order valence-corrected chi connectivity index (χ4v) is 4.60.